The number of amides is 1. The molecule has 5 nitrogen and oxygen atoms in total. The first-order valence-electron chi connectivity index (χ1n) is 8.40. The molecule has 0 aliphatic heterocycles. The molecular weight excluding hydrogens is 350 g/mol. The van der Waals surface area contributed by atoms with Crippen molar-refractivity contribution < 1.29 is 19.1 Å². The summed E-state index contributed by atoms with van der Waals surface area (Å²) in [6.07, 6.45) is 0.803. The van der Waals surface area contributed by atoms with Gasteiger partial charge in [-0.1, -0.05) is 31.2 Å². The summed E-state index contributed by atoms with van der Waals surface area (Å²) in [6, 6.07) is 14.6. The van der Waals surface area contributed by atoms with Crippen molar-refractivity contribution in [3.05, 3.63) is 59.7 Å². The number of methoxy groups -OCH3 is 1. The van der Waals surface area contributed by atoms with Crippen molar-refractivity contribution in [1.82, 2.24) is 0 Å². The second-order valence-corrected chi connectivity index (χ2v) is 6.56. The van der Waals surface area contributed by atoms with Crippen LogP contribution in [0.4, 0.5) is 5.69 Å². The van der Waals surface area contributed by atoms with Crippen LogP contribution in [-0.4, -0.2) is 31.3 Å². The molecular formula is C20H23NO4S. The lowest BCUT2D eigenvalue weighted by Gasteiger charge is -2.09. The lowest BCUT2D eigenvalue weighted by atomic mass is 10.1. The van der Waals surface area contributed by atoms with Crippen LogP contribution in [0, 0.1) is 0 Å². The molecule has 2 aromatic rings. The van der Waals surface area contributed by atoms with Crippen LogP contribution in [0.15, 0.2) is 48.5 Å². The maximum Gasteiger partial charge on any atom is 0.338 e. The number of thioether (sulfide) groups is 1. The van der Waals surface area contributed by atoms with E-state index in [4.69, 9.17) is 9.47 Å². The minimum Gasteiger partial charge on any atom is -0.495 e. The predicted molar refractivity (Wildman–Crippen MR) is 105 cm³/mol. The number of ether oxygens (including phenoxy) is 2. The highest BCUT2D eigenvalue weighted by Crippen LogP contribution is 2.23. The average Bonchev–Trinajstić information content (AvgIpc) is 2.67. The summed E-state index contributed by atoms with van der Waals surface area (Å²) in [4.78, 5) is 23.8. The number of benzene rings is 2. The molecule has 138 valence electrons. The van der Waals surface area contributed by atoms with Crippen LogP contribution in [0.2, 0.25) is 0 Å². The van der Waals surface area contributed by atoms with E-state index in [1.54, 1.807) is 31.4 Å². The zero-order valence-electron chi connectivity index (χ0n) is 15.0. The topological polar surface area (TPSA) is 64.6 Å². The average molecular weight is 373 g/mol. The molecule has 2 rings (SSSR count). The van der Waals surface area contributed by atoms with E-state index in [1.807, 2.05) is 31.2 Å². The van der Waals surface area contributed by atoms with Crippen molar-refractivity contribution in [2.45, 2.75) is 19.1 Å². The Morgan fingerprint density at radius 2 is 1.81 bits per heavy atom. The Kier molecular flexibility index (Phi) is 8.02. The number of para-hydroxylation sites is 2. The third-order valence-electron chi connectivity index (χ3n) is 3.51. The van der Waals surface area contributed by atoms with Crippen LogP contribution in [-0.2, 0) is 15.3 Å². The molecule has 0 bridgehead atoms. The molecule has 2 aromatic carbocycles. The number of hydrogen-bond acceptors (Lipinski definition) is 5. The first-order chi connectivity index (χ1) is 12.6. The first-order valence-corrected chi connectivity index (χ1v) is 9.56. The van der Waals surface area contributed by atoms with Gasteiger partial charge in [-0.25, -0.2) is 4.79 Å². The lowest BCUT2D eigenvalue weighted by molar-refractivity contribution is -0.113. The molecule has 0 spiro atoms. The fourth-order valence-electron chi connectivity index (χ4n) is 2.21. The molecule has 0 aliphatic rings. The Bertz CT molecular complexity index is 731. The molecule has 1 N–H and O–H groups in total. The standard InChI is InChI=1S/C20H23NO4S/c1-3-12-25-20(23)16-10-8-15(9-11-16)13-26-14-19(22)21-17-6-4-5-7-18(17)24-2/h4-11H,3,12-14H2,1-2H3,(H,21,22). The molecule has 0 aliphatic carbocycles. The fraction of sp³-hybridized carbons (Fsp3) is 0.300. The van der Waals surface area contributed by atoms with Crippen LogP contribution < -0.4 is 10.1 Å². The Morgan fingerprint density at radius 1 is 1.08 bits per heavy atom. The number of anilines is 1. The van der Waals surface area contributed by atoms with E-state index in [9.17, 15) is 9.59 Å². The third kappa shape index (κ3) is 6.11. The zero-order chi connectivity index (χ0) is 18.8. The van der Waals surface area contributed by atoms with E-state index < -0.39 is 0 Å². The Morgan fingerprint density at radius 3 is 2.50 bits per heavy atom. The second-order valence-electron chi connectivity index (χ2n) is 5.57. The molecule has 0 saturated heterocycles. The van der Waals surface area contributed by atoms with Gasteiger partial charge in [-0.15, -0.1) is 11.8 Å². The van der Waals surface area contributed by atoms with E-state index in [0.717, 1.165) is 12.0 Å². The van der Waals surface area contributed by atoms with E-state index in [-0.39, 0.29) is 11.9 Å². The quantitative estimate of drug-likeness (QED) is 0.670. The van der Waals surface area contributed by atoms with Crippen molar-refractivity contribution in [3.8, 4) is 5.75 Å². The SMILES string of the molecule is CCCOC(=O)c1ccc(CSCC(=O)Nc2ccccc2OC)cc1. The molecule has 0 heterocycles. The maximum atomic E-state index is 12.1. The second kappa shape index (κ2) is 10.5. The highest BCUT2D eigenvalue weighted by Gasteiger charge is 2.08. The van der Waals surface area contributed by atoms with Crippen LogP contribution in [0.3, 0.4) is 0 Å². The van der Waals surface area contributed by atoms with Gasteiger partial charge in [0.05, 0.1) is 30.7 Å². The van der Waals surface area contributed by atoms with Gasteiger partial charge >= 0.3 is 5.97 Å². The van der Waals surface area contributed by atoms with Gasteiger partial charge in [0.2, 0.25) is 5.91 Å². The van der Waals surface area contributed by atoms with Gasteiger partial charge in [0.25, 0.3) is 0 Å². The summed E-state index contributed by atoms with van der Waals surface area (Å²) in [5.74, 6) is 1.26. The summed E-state index contributed by atoms with van der Waals surface area (Å²) >= 11 is 1.51. The Labute approximate surface area is 158 Å². The van der Waals surface area contributed by atoms with Gasteiger partial charge in [-0.3, -0.25) is 4.79 Å². The lowest BCUT2D eigenvalue weighted by Crippen LogP contribution is -2.14. The molecule has 26 heavy (non-hydrogen) atoms. The number of rotatable bonds is 9. The van der Waals surface area contributed by atoms with Gasteiger partial charge in [-0.05, 0) is 36.2 Å². The predicted octanol–water partition coefficient (Wildman–Crippen LogP) is 4.13. The minimum absolute atomic E-state index is 0.0840. The summed E-state index contributed by atoms with van der Waals surface area (Å²) in [5.41, 5.74) is 2.25. The molecule has 1 amide bonds. The normalized spacial score (nSPS) is 10.2. The monoisotopic (exact) mass is 373 g/mol. The molecule has 0 saturated carbocycles. The van der Waals surface area contributed by atoms with Gasteiger partial charge in [0, 0.05) is 5.75 Å². The van der Waals surface area contributed by atoms with Crippen molar-refractivity contribution in [2.24, 2.45) is 0 Å². The van der Waals surface area contributed by atoms with E-state index in [1.165, 1.54) is 11.8 Å². The highest BCUT2D eigenvalue weighted by molar-refractivity contribution is 7.99. The zero-order valence-corrected chi connectivity index (χ0v) is 15.8. The molecule has 0 radical (unpaired) electrons. The number of hydrogen-bond donors (Lipinski definition) is 1. The number of nitrogens with one attached hydrogen (secondary N) is 1. The van der Waals surface area contributed by atoms with Gasteiger partial charge in [-0.2, -0.15) is 0 Å². The number of esters is 1. The van der Waals surface area contributed by atoms with Crippen LogP contribution >= 0.6 is 11.8 Å². The van der Waals surface area contributed by atoms with Gasteiger partial charge in [0.15, 0.2) is 0 Å². The maximum absolute atomic E-state index is 12.1. The summed E-state index contributed by atoms with van der Waals surface area (Å²) in [5, 5.41) is 2.85. The number of carbonyl (C=O) groups excluding carboxylic acids is 2. The molecule has 0 unspecified atom stereocenters. The molecule has 0 fully saturated rings. The van der Waals surface area contributed by atoms with Crippen molar-refractivity contribution >= 4 is 29.3 Å². The Hall–Kier alpha value is -2.47. The van der Waals surface area contributed by atoms with Crippen molar-refractivity contribution in [2.75, 3.05) is 24.8 Å². The van der Waals surface area contributed by atoms with Crippen molar-refractivity contribution in [3.63, 3.8) is 0 Å². The summed E-state index contributed by atoms with van der Waals surface area (Å²) in [6.45, 7) is 2.38. The van der Waals surface area contributed by atoms with Crippen molar-refractivity contribution in [1.29, 1.82) is 0 Å². The smallest absolute Gasteiger partial charge is 0.338 e. The van der Waals surface area contributed by atoms with E-state index in [0.29, 0.717) is 35.1 Å². The minimum atomic E-state index is -0.303. The van der Waals surface area contributed by atoms with Crippen LogP contribution in [0.1, 0.15) is 29.3 Å². The largest absolute Gasteiger partial charge is 0.495 e. The van der Waals surface area contributed by atoms with Crippen LogP contribution in [0.25, 0.3) is 0 Å². The van der Waals surface area contributed by atoms with Gasteiger partial charge < -0.3 is 14.8 Å². The fourth-order valence-corrected chi connectivity index (χ4v) is 3.00. The summed E-state index contributed by atoms with van der Waals surface area (Å²) in [7, 11) is 1.57. The van der Waals surface area contributed by atoms with Gasteiger partial charge in [0.1, 0.15) is 5.75 Å². The molecule has 6 heteroatoms. The molecule has 0 atom stereocenters. The molecule has 0 aromatic heterocycles. The first kappa shape index (κ1) is 19.8. The Balaban J connectivity index is 1.78. The third-order valence-corrected chi connectivity index (χ3v) is 4.51. The van der Waals surface area contributed by atoms with Crippen LogP contribution in [0.5, 0.6) is 5.75 Å². The van der Waals surface area contributed by atoms with E-state index >= 15 is 0 Å². The summed E-state index contributed by atoms with van der Waals surface area (Å²) < 4.78 is 10.3. The highest BCUT2D eigenvalue weighted by atomic mass is 32.2. The number of carbonyl (C=O) groups is 2. The van der Waals surface area contributed by atoms with E-state index in [2.05, 4.69) is 5.32 Å².